The molecule has 7 heteroatoms. The number of benzene rings is 2. The Morgan fingerprint density at radius 3 is 2.56 bits per heavy atom. The molecule has 0 radical (unpaired) electrons. The predicted octanol–water partition coefficient (Wildman–Crippen LogP) is 5.80. The number of aromatic nitrogens is 1. The molecule has 0 bridgehead atoms. The highest BCUT2D eigenvalue weighted by Gasteiger charge is 2.16. The van der Waals surface area contributed by atoms with E-state index in [1.165, 1.54) is 11.3 Å². The third kappa shape index (κ3) is 4.31. The molecule has 0 amide bonds. The van der Waals surface area contributed by atoms with Crippen LogP contribution >= 0.6 is 34.5 Å². The number of aliphatic carboxylic acids is 1. The number of rotatable bonds is 5. The van der Waals surface area contributed by atoms with Crippen LogP contribution in [-0.4, -0.2) is 16.1 Å². The maximum absolute atomic E-state index is 11.2. The number of carboxylic acid groups (broad SMARTS) is 1. The van der Waals surface area contributed by atoms with Crippen LogP contribution in [0.4, 0.5) is 10.8 Å². The first-order valence-electron chi connectivity index (χ1n) is 7.43. The molecular formula is C18H14Cl2N2O2S. The normalized spacial score (nSPS) is 10.7. The lowest BCUT2D eigenvalue weighted by molar-refractivity contribution is -0.136. The highest BCUT2D eigenvalue weighted by Crippen LogP contribution is 2.35. The van der Waals surface area contributed by atoms with E-state index in [-0.39, 0.29) is 6.42 Å². The minimum absolute atomic E-state index is 0.0864. The number of carboxylic acids is 1. The predicted molar refractivity (Wildman–Crippen MR) is 103 cm³/mol. The van der Waals surface area contributed by atoms with Crippen LogP contribution in [0.2, 0.25) is 10.0 Å². The Morgan fingerprint density at radius 1 is 1.20 bits per heavy atom. The standard InChI is InChI=1S/C18H14Cl2N2O2S/c1-10-2-4-11(5-3-10)17-15(9-16(23)24)25-18(22-17)21-14-7-6-12(19)8-13(14)20/h2-8H,9H2,1H3,(H,21,22)(H,23,24). The molecule has 3 aromatic rings. The van der Waals surface area contributed by atoms with Gasteiger partial charge < -0.3 is 10.4 Å². The molecule has 128 valence electrons. The summed E-state index contributed by atoms with van der Waals surface area (Å²) in [6.45, 7) is 2.00. The summed E-state index contributed by atoms with van der Waals surface area (Å²) >= 11 is 13.4. The van der Waals surface area contributed by atoms with Gasteiger partial charge in [0.15, 0.2) is 5.13 Å². The van der Waals surface area contributed by atoms with E-state index in [0.717, 1.165) is 11.1 Å². The zero-order valence-corrected chi connectivity index (χ0v) is 15.5. The van der Waals surface area contributed by atoms with Crippen molar-refractivity contribution in [1.29, 1.82) is 0 Å². The zero-order chi connectivity index (χ0) is 18.0. The van der Waals surface area contributed by atoms with Gasteiger partial charge in [-0.2, -0.15) is 0 Å². The monoisotopic (exact) mass is 392 g/mol. The second-order valence-electron chi connectivity index (χ2n) is 5.48. The second-order valence-corrected chi connectivity index (χ2v) is 7.40. The number of nitrogens with one attached hydrogen (secondary N) is 1. The summed E-state index contributed by atoms with van der Waals surface area (Å²) < 4.78 is 0. The molecule has 0 aliphatic carbocycles. The van der Waals surface area contributed by atoms with Crippen molar-refractivity contribution in [3.8, 4) is 11.3 Å². The highest BCUT2D eigenvalue weighted by molar-refractivity contribution is 7.16. The molecule has 0 fully saturated rings. The first-order valence-corrected chi connectivity index (χ1v) is 9.00. The van der Waals surface area contributed by atoms with Crippen molar-refractivity contribution in [2.24, 2.45) is 0 Å². The summed E-state index contributed by atoms with van der Waals surface area (Å²) in [5.74, 6) is -0.895. The quantitative estimate of drug-likeness (QED) is 0.576. The molecule has 4 nitrogen and oxygen atoms in total. The molecule has 1 aromatic heterocycles. The van der Waals surface area contributed by atoms with E-state index in [9.17, 15) is 9.90 Å². The van der Waals surface area contributed by atoms with Crippen LogP contribution in [-0.2, 0) is 11.2 Å². The van der Waals surface area contributed by atoms with Crippen LogP contribution in [0.25, 0.3) is 11.3 Å². The van der Waals surface area contributed by atoms with Gasteiger partial charge in [-0.3, -0.25) is 4.79 Å². The number of aryl methyl sites for hydroxylation is 1. The lowest BCUT2D eigenvalue weighted by Gasteiger charge is -2.05. The Morgan fingerprint density at radius 2 is 1.92 bits per heavy atom. The van der Waals surface area contributed by atoms with Gasteiger partial charge in [0.1, 0.15) is 0 Å². The van der Waals surface area contributed by atoms with Crippen molar-refractivity contribution in [2.75, 3.05) is 5.32 Å². The van der Waals surface area contributed by atoms with Crippen molar-refractivity contribution in [1.82, 2.24) is 4.98 Å². The SMILES string of the molecule is Cc1ccc(-c2nc(Nc3ccc(Cl)cc3Cl)sc2CC(=O)O)cc1. The average molecular weight is 393 g/mol. The van der Waals surface area contributed by atoms with Gasteiger partial charge in [0, 0.05) is 15.5 Å². The Hall–Kier alpha value is -2.08. The van der Waals surface area contributed by atoms with Gasteiger partial charge in [0.25, 0.3) is 0 Å². The molecule has 0 saturated heterocycles. The van der Waals surface area contributed by atoms with E-state index >= 15 is 0 Å². The smallest absolute Gasteiger partial charge is 0.308 e. The molecule has 0 unspecified atom stereocenters. The Labute approximate surface area is 159 Å². The first-order chi connectivity index (χ1) is 11.9. The molecule has 25 heavy (non-hydrogen) atoms. The van der Waals surface area contributed by atoms with Crippen LogP contribution < -0.4 is 5.32 Å². The molecule has 0 atom stereocenters. The summed E-state index contributed by atoms with van der Waals surface area (Å²) in [6.07, 6.45) is -0.0864. The number of anilines is 2. The van der Waals surface area contributed by atoms with Gasteiger partial charge in [-0.1, -0.05) is 53.0 Å². The molecule has 2 N–H and O–H groups in total. The topological polar surface area (TPSA) is 62.2 Å². The fourth-order valence-electron chi connectivity index (χ4n) is 2.31. The lowest BCUT2D eigenvalue weighted by atomic mass is 10.1. The number of halogens is 2. The second kappa shape index (κ2) is 7.44. The van der Waals surface area contributed by atoms with E-state index in [2.05, 4.69) is 10.3 Å². The highest BCUT2D eigenvalue weighted by atomic mass is 35.5. The van der Waals surface area contributed by atoms with E-state index in [0.29, 0.717) is 31.4 Å². The van der Waals surface area contributed by atoms with Crippen molar-refractivity contribution in [3.63, 3.8) is 0 Å². The fraction of sp³-hybridized carbons (Fsp3) is 0.111. The summed E-state index contributed by atoms with van der Waals surface area (Å²) in [5.41, 5.74) is 3.34. The number of hydrogen-bond donors (Lipinski definition) is 2. The van der Waals surface area contributed by atoms with Gasteiger partial charge in [-0.05, 0) is 25.1 Å². The van der Waals surface area contributed by atoms with E-state index in [1.54, 1.807) is 18.2 Å². The number of nitrogens with zero attached hydrogens (tertiary/aromatic N) is 1. The molecule has 1 heterocycles. The number of carbonyl (C=O) groups is 1. The van der Waals surface area contributed by atoms with Crippen molar-refractivity contribution in [3.05, 3.63) is 63.0 Å². The molecule has 0 spiro atoms. The fourth-order valence-corrected chi connectivity index (χ4v) is 3.75. The van der Waals surface area contributed by atoms with Crippen molar-refractivity contribution in [2.45, 2.75) is 13.3 Å². The summed E-state index contributed by atoms with van der Waals surface area (Å²) in [4.78, 5) is 16.4. The van der Waals surface area contributed by atoms with Gasteiger partial charge in [0.2, 0.25) is 0 Å². The van der Waals surface area contributed by atoms with Crippen molar-refractivity contribution < 1.29 is 9.90 Å². The number of hydrogen-bond acceptors (Lipinski definition) is 4. The van der Waals surface area contributed by atoms with Crippen molar-refractivity contribution >= 4 is 51.3 Å². The molecule has 0 aliphatic heterocycles. The Kier molecular flexibility index (Phi) is 5.27. The maximum atomic E-state index is 11.2. The average Bonchev–Trinajstić information content (AvgIpc) is 2.92. The molecule has 2 aromatic carbocycles. The lowest BCUT2D eigenvalue weighted by Crippen LogP contribution is -1.99. The minimum Gasteiger partial charge on any atom is -0.481 e. The molecule has 0 saturated carbocycles. The molecular weight excluding hydrogens is 379 g/mol. The summed E-state index contributed by atoms with van der Waals surface area (Å²) in [7, 11) is 0. The Bertz CT molecular complexity index is 923. The largest absolute Gasteiger partial charge is 0.481 e. The summed E-state index contributed by atoms with van der Waals surface area (Å²) in [5, 5.41) is 13.9. The van der Waals surface area contributed by atoms with Crippen LogP contribution in [0.3, 0.4) is 0 Å². The van der Waals surface area contributed by atoms with E-state index in [1.807, 2.05) is 31.2 Å². The first kappa shape index (κ1) is 17.7. The minimum atomic E-state index is -0.895. The van der Waals surface area contributed by atoms with E-state index < -0.39 is 5.97 Å². The molecule has 3 rings (SSSR count). The van der Waals surface area contributed by atoms with Gasteiger partial charge in [0.05, 0.1) is 22.8 Å². The van der Waals surface area contributed by atoms with E-state index in [4.69, 9.17) is 23.2 Å². The summed E-state index contributed by atoms with van der Waals surface area (Å²) in [6, 6.07) is 12.9. The van der Waals surface area contributed by atoms with Gasteiger partial charge in [-0.25, -0.2) is 4.98 Å². The third-order valence-electron chi connectivity index (χ3n) is 3.51. The third-order valence-corrected chi connectivity index (χ3v) is 5.03. The van der Waals surface area contributed by atoms with Crippen LogP contribution in [0.1, 0.15) is 10.4 Å². The van der Waals surface area contributed by atoms with Gasteiger partial charge >= 0.3 is 5.97 Å². The Balaban J connectivity index is 1.97. The molecule has 0 aliphatic rings. The van der Waals surface area contributed by atoms with Crippen LogP contribution in [0.5, 0.6) is 0 Å². The van der Waals surface area contributed by atoms with Crippen LogP contribution in [0, 0.1) is 6.92 Å². The van der Waals surface area contributed by atoms with Crippen LogP contribution in [0.15, 0.2) is 42.5 Å². The maximum Gasteiger partial charge on any atom is 0.308 e. The number of thiazole rings is 1. The zero-order valence-electron chi connectivity index (χ0n) is 13.2. The van der Waals surface area contributed by atoms with Gasteiger partial charge in [-0.15, -0.1) is 11.3 Å².